The van der Waals surface area contributed by atoms with Gasteiger partial charge in [0.25, 0.3) is 5.91 Å². The number of carbonyl (C=O) groups excluding carboxylic acids is 1. The standard InChI is InChI=1S/C22H28N2O5S/c1-16-14-24(15-17(2)29-16)30(26,27)21-6-4-5-19(13-21)22(25)23-12-11-18-7-9-20(28-3)10-8-18/h4-10,13,16-17H,11-12,14-15H2,1-3H3,(H,23,25)/t16-,17-/m0/s1. The normalized spacial score (nSPS) is 20.0. The zero-order chi connectivity index (χ0) is 21.7. The highest BCUT2D eigenvalue weighted by Gasteiger charge is 2.32. The molecule has 162 valence electrons. The number of amides is 1. The average molecular weight is 433 g/mol. The Bertz CT molecular complexity index is 965. The number of methoxy groups -OCH3 is 1. The van der Waals surface area contributed by atoms with Gasteiger partial charge < -0.3 is 14.8 Å². The number of rotatable bonds is 7. The van der Waals surface area contributed by atoms with Gasteiger partial charge in [0, 0.05) is 25.2 Å². The Labute approximate surface area is 178 Å². The predicted molar refractivity (Wildman–Crippen MR) is 114 cm³/mol. The number of nitrogens with zero attached hydrogens (tertiary/aromatic N) is 1. The molecular formula is C22H28N2O5S. The van der Waals surface area contributed by atoms with E-state index < -0.39 is 10.0 Å². The van der Waals surface area contributed by atoms with E-state index in [4.69, 9.17) is 9.47 Å². The van der Waals surface area contributed by atoms with Crippen LogP contribution in [0.4, 0.5) is 0 Å². The molecule has 1 amide bonds. The molecule has 1 heterocycles. The Hall–Kier alpha value is -2.42. The van der Waals surface area contributed by atoms with Crippen LogP contribution in [0.1, 0.15) is 29.8 Å². The third-order valence-electron chi connectivity index (χ3n) is 4.98. The summed E-state index contributed by atoms with van der Waals surface area (Å²) in [7, 11) is -2.08. The Kier molecular flexibility index (Phi) is 7.12. The van der Waals surface area contributed by atoms with Crippen molar-refractivity contribution < 1.29 is 22.7 Å². The van der Waals surface area contributed by atoms with Gasteiger partial charge in [0.05, 0.1) is 24.2 Å². The van der Waals surface area contributed by atoms with Gasteiger partial charge in [-0.05, 0) is 56.2 Å². The molecule has 1 aliphatic heterocycles. The van der Waals surface area contributed by atoms with E-state index in [-0.39, 0.29) is 23.0 Å². The van der Waals surface area contributed by atoms with Crippen molar-refractivity contribution in [3.63, 3.8) is 0 Å². The van der Waals surface area contributed by atoms with Crippen LogP contribution in [0, 0.1) is 0 Å². The van der Waals surface area contributed by atoms with Crippen LogP contribution in [0.3, 0.4) is 0 Å². The zero-order valence-electron chi connectivity index (χ0n) is 17.5. The number of benzene rings is 2. The maximum Gasteiger partial charge on any atom is 0.251 e. The molecule has 1 fully saturated rings. The lowest BCUT2D eigenvalue weighted by Crippen LogP contribution is -2.48. The average Bonchev–Trinajstić information content (AvgIpc) is 2.73. The third kappa shape index (κ3) is 5.38. The van der Waals surface area contributed by atoms with E-state index in [1.807, 2.05) is 38.1 Å². The zero-order valence-corrected chi connectivity index (χ0v) is 18.3. The largest absolute Gasteiger partial charge is 0.497 e. The Balaban J connectivity index is 1.64. The molecule has 3 rings (SSSR count). The fourth-order valence-corrected chi connectivity index (χ4v) is 5.13. The van der Waals surface area contributed by atoms with Crippen molar-refractivity contribution in [1.29, 1.82) is 0 Å². The van der Waals surface area contributed by atoms with Crippen LogP contribution in [0.25, 0.3) is 0 Å². The summed E-state index contributed by atoms with van der Waals surface area (Å²) in [4.78, 5) is 12.7. The Morgan fingerprint density at radius 1 is 1.13 bits per heavy atom. The van der Waals surface area contributed by atoms with Crippen LogP contribution < -0.4 is 10.1 Å². The minimum Gasteiger partial charge on any atom is -0.497 e. The first-order valence-electron chi connectivity index (χ1n) is 9.96. The van der Waals surface area contributed by atoms with Crippen LogP contribution in [0.5, 0.6) is 5.75 Å². The topological polar surface area (TPSA) is 84.9 Å². The third-order valence-corrected chi connectivity index (χ3v) is 6.81. The van der Waals surface area contributed by atoms with Crippen LogP contribution in [-0.4, -0.2) is 57.6 Å². The van der Waals surface area contributed by atoms with E-state index in [1.165, 1.54) is 16.4 Å². The van der Waals surface area contributed by atoms with E-state index in [9.17, 15) is 13.2 Å². The van der Waals surface area contributed by atoms with Crippen LogP contribution in [0.2, 0.25) is 0 Å². The number of carbonyl (C=O) groups is 1. The van der Waals surface area contributed by atoms with Crippen molar-refractivity contribution in [2.75, 3.05) is 26.7 Å². The summed E-state index contributed by atoms with van der Waals surface area (Å²) in [6.45, 7) is 4.74. The molecule has 1 N–H and O–H groups in total. The first-order chi connectivity index (χ1) is 14.3. The quantitative estimate of drug-likeness (QED) is 0.727. The highest BCUT2D eigenvalue weighted by atomic mass is 32.2. The molecule has 2 aromatic rings. The second kappa shape index (κ2) is 9.59. The molecule has 2 atom stereocenters. The molecule has 1 aliphatic rings. The van der Waals surface area contributed by atoms with Crippen molar-refractivity contribution in [2.24, 2.45) is 0 Å². The predicted octanol–water partition coefficient (Wildman–Crippen LogP) is 2.47. The lowest BCUT2D eigenvalue weighted by molar-refractivity contribution is -0.0440. The molecule has 0 radical (unpaired) electrons. The van der Waals surface area contributed by atoms with Gasteiger partial charge in [-0.1, -0.05) is 18.2 Å². The van der Waals surface area contributed by atoms with E-state index in [0.717, 1.165) is 11.3 Å². The fraction of sp³-hybridized carbons (Fsp3) is 0.409. The van der Waals surface area contributed by atoms with Gasteiger partial charge in [-0.25, -0.2) is 8.42 Å². The number of hydrogen-bond donors (Lipinski definition) is 1. The van der Waals surface area contributed by atoms with Gasteiger partial charge in [-0.3, -0.25) is 4.79 Å². The summed E-state index contributed by atoms with van der Waals surface area (Å²) < 4.78 is 38.2. The highest BCUT2D eigenvalue weighted by Crippen LogP contribution is 2.22. The molecule has 0 unspecified atom stereocenters. The molecule has 0 aliphatic carbocycles. The molecule has 2 aromatic carbocycles. The Morgan fingerprint density at radius 3 is 2.43 bits per heavy atom. The van der Waals surface area contributed by atoms with Gasteiger partial charge in [-0.15, -0.1) is 0 Å². The molecular weight excluding hydrogens is 404 g/mol. The summed E-state index contributed by atoms with van der Waals surface area (Å²) in [5, 5.41) is 2.85. The van der Waals surface area contributed by atoms with Gasteiger partial charge in [0.15, 0.2) is 0 Å². The number of ether oxygens (including phenoxy) is 2. The van der Waals surface area contributed by atoms with Crippen LogP contribution in [-0.2, 0) is 21.2 Å². The molecule has 0 spiro atoms. The van der Waals surface area contributed by atoms with Crippen molar-refractivity contribution >= 4 is 15.9 Å². The molecule has 0 bridgehead atoms. The van der Waals surface area contributed by atoms with Gasteiger partial charge in [-0.2, -0.15) is 4.31 Å². The van der Waals surface area contributed by atoms with Crippen molar-refractivity contribution in [3.8, 4) is 5.75 Å². The number of sulfonamides is 1. The van der Waals surface area contributed by atoms with Crippen molar-refractivity contribution in [1.82, 2.24) is 9.62 Å². The molecule has 8 heteroatoms. The summed E-state index contributed by atoms with van der Waals surface area (Å²) in [6, 6.07) is 13.8. The molecule has 1 saturated heterocycles. The van der Waals surface area contributed by atoms with E-state index in [2.05, 4.69) is 5.32 Å². The first kappa shape index (κ1) is 22.3. The van der Waals surface area contributed by atoms with Gasteiger partial charge in [0.1, 0.15) is 5.75 Å². The SMILES string of the molecule is COc1ccc(CCNC(=O)c2cccc(S(=O)(=O)N3C[C@H](C)O[C@@H](C)C3)c2)cc1. The molecule has 0 aromatic heterocycles. The smallest absolute Gasteiger partial charge is 0.251 e. The minimum atomic E-state index is -3.69. The fourth-order valence-electron chi connectivity index (χ4n) is 3.49. The van der Waals surface area contributed by atoms with Crippen LogP contribution >= 0.6 is 0 Å². The first-order valence-corrected chi connectivity index (χ1v) is 11.4. The number of hydrogen-bond acceptors (Lipinski definition) is 5. The molecule has 7 nitrogen and oxygen atoms in total. The van der Waals surface area contributed by atoms with E-state index in [0.29, 0.717) is 31.6 Å². The number of morpholine rings is 1. The highest BCUT2D eigenvalue weighted by molar-refractivity contribution is 7.89. The second-order valence-corrected chi connectivity index (χ2v) is 9.40. The van der Waals surface area contributed by atoms with Gasteiger partial charge >= 0.3 is 0 Å². The lowest BCUT2D eigenvalue weighted by atomic mass is 10.1. The maximum absolute atomic E-state index is 13.0. The van der Waals surface area contributed by atoms with E-state index >= 15 is 0 Å². The lowest BCUT2D eigenvalue weighted by Gasteiger charge is -2.34. The molecule has 30 heavy (non-hydrogen) atoms. The van der Waals surface area contributed by atoms with Crippen molar-refractivity contribution in [3.05, 3.63) is 59.7 Å². The van der Waals surface area contributed by atoms with E-state index in [1.54, 1.807) is 19.2 Å². The summed E-state index contributed by atoms with van der Waals surface area (Å²) in [6.07, 6.45) is 0.318. The van der Waals surface area contributed by atoms with Crippen LogP contribution in [0.15, 0.2) is 53.4 Å². The summed E-state index contributed by atoms with van der Waals surface area (Å²) in [5.41, 5.74) is 1.39. The minimum absolute atomic E-state index is 0.117. The monoisotopic (exact) mass is 432 g/mol. The number of nitrogens with one attached hydrogen (secondary N) is 1. The summed E-state index contributed by atoms with van der Waals surface area (Å²) >= 11 is 0. The molecule has 0 saturated carbocycles. The summed E-state index contributed by atoms with van der Waals surface area (Å²) in [5.74, 6) is 0.481. The Morgan fingerprint density at radius 2 is 1.80 bits per heavy atom. The van der Waals surface area contributed by atoms with Crippen molar-refractivity contribution in [2.45, 2.75) is 37.4 Å². The second-order valence-electron chi connectivity index (χ2n) is 7.46. The maximum atomic E-state index is 13.0. The van der Waals surface area contributed by atoms with Gasteiger partial charge in [0.2, 0.25) is 10.0 Å².